The Morgan fingerprint density at radius 2 is 2.07 bits per heavy atom. The molecule has 0 heterocycles. The Balaban J connectivity index is 2.76. The first-order chi connectivity index (χ1) is 6.63. The molecule has 0 N–H and O–H groups in total. The monoisotopic (exact) mass is 188 g/mol. The first-order valence-electron chi connectivity index (χ1n) is 4.75. The molecule has 0 aliphatic rings. The van der Waals surface area contributed by atoms with Crippen LogP contribution in [0.1, 0.15) is 16.7 Å². The molecule has 1 rings (SSSR count). The lowest BCUT2D eigenvalue weighted by atomic mass is 10.1. The van der Waals surface area contributed by atoms with E-state index >= 15 is 0 Å². The predicted octanol–water partition coefficient (Wildman–Crippen LogP) is 2.26. The molecule has 2 heteroatoms. The summed E-state index contributed by atoms with van der Waals surface area (Å²) in [6, 6.07) is 8.58. The maximum atomic E-state index is 8.55. The van der Waals surface area contributed by atoms with Crippen molar-refractivity contribution >= 4 is 0 Å². The third-order valence-corrected chi connectivity index (χ3v) is 2.29. The summed E-state index contributed by atoms with van der Waals surface area (Å²) in [5.41, 5.74) is 3.87. The van der Waals surface area contributed by atoms with Crippen molar-refractivity contribution in [1.82, 2.24) is 4.90 Å². The van der Waals surface area contributed by atoms with Gasteiger partial charge in [0.1, 0.15) is 0 Å². The molecule has 0 atom stereocenters. The summed E-state index contributed by atoms with van der Waals surface area (Å²) < 4.78 is 0. The van der Waals surface area contributed by atoms with Gasteiger partial charge in [0.05, 0.1) is 12.6 Å². The Morgan fingerprint density at radius 3 is 2.71 bits per heavy atom. The summed E-state index contributed by atoms with van der Waals surface area (Å²) in [6.07, 6.45) is 0. The fourth-order valence-electron chi connectivity index (χ4n) is 1.44. The normalized spacial score (nSPS) is 10.2. The predicted molar refractivity (Wildman–Crippen MR) is 57.9 cm³/mol. The van der Waals surface area contributed by atoms with Gasteiger partial charge in [-0.15, -0.1) is 0 Å². The van der Waals surface area contributed by atoms with Crippen molar-refractivity contribution in [3.8, 4) is 6.07 Å². The maximum Gasteiger partial charge on any atom is 0.0866 e. The molecule has 0 spiro atoms. The van der Waals surface area contributed by atoms with Gasteiger partial charge in [-0.3, -0.25) is 4.90 Å². The number of nitriles is 1. The van der Waals surface area contributed by atoms with E-state index in [9.17, 15) is 0 Å². The molecule has 1 aromatic rings. The number of rotatable bonds is 3. The quantitative estimate of drug-likeness (QED) is 0.680. The van der Waals surface area contributed by atoms with Crippen molar-refractivity contribution < 1.29 is 0 Å². The molecule has 2 nitrogen and oxygen atoms in total. The lowest BCUT2D eigenvalue weighted by Gasteiger charge is -2.14. The second kappa shape index (κ2) is 4.78. The van der Waals surface area contributed by atoms with Crippen LogP contribution in [0.5, 0.6) is 0 Å². The van der Waals surface area contributed by atoms with Gasteiger partial charge in [0.2, 0.25) is 0 Å². The minimum Gasteiger partial charge on any atom is -0.289 e. The Kier molecular flexibility index (Phi) is 3.67. The van der Waals surface area contributed by atoms with E-state index in [-0.39, 0.29) is 0 Å². The lowest BCUT2D eigenvalue weighted by molar-refractivity contribution is 0.366. The molecule has 14 heavy (non-hydrogen) atoms. The first kappa shape index (κ1) is 10.7. The molecule has 0 aliphatic heterocycles. The van der Waals surface area contributed by atoms with Crippen molar-refractivity contribution in [1.29, 1.82) is 5.26 Å². The zero-order valence-electron chi connectivity index (χ0n) is 9.04. The van der Waals surface area contributed by atoms with Gasteiger partial charge in [-0.1, -0.05) is 23.8 Å². The fraction of sp³-hybridized carbons (Fsp3) is 0.417. The molecule has 0 fully saturated rings. The highest BCUT2D eigenvalue weighted by Gasteiger charge is 2.02. The molecular weight excluding hydrogens is 172 g/mol. The van der Waals surface area contributed by atoms with Crippen molar-refractivity contribution in [2.75, 3.05) is 13.6 Å². The molecule has 74 valence electrons. The van der Waals surface area contributed by atoms with Gasteiger partial charge in [-0.25, -0.2) is 0 Å². The van der Waals surface area contributed by atoms with Gasteiger partial charge in [0.15, 0.2) is 0 Å². The summed E-state index contributed by atoms with van der Waals surface area (Å²) in [5, 5.41) is 8.55. The summed E-state index contributed by atoms with van der Waals surface area (Å²) in [6.45, 7) is 5.52. The number of hydrogen-bond donors (Lipinski definition) is 0. The van der Waals surface area contributed by atoms with Gasteiger partial charge >= 0.3 is 0 Å². The molecule has 0 aliphatic carbocycles. The van der Waals surface area contributed by atoms with E-state index in [4.69, 9.17) is 5.26 Å². The molecule has 0 saturated heterocycles. The number of nitrogens with zero attached hydrogens (tertiary/aromatic N) is 2. The highest BCUT2D eigenvalue weighted by atomic mass is 15.1. The smallest absolute Gasteiger partial charge is 0.0866 e. The molecule has 0 saturated carbocycles. The zero-order valence-corrected chi connectivity index (χ0v) is 9.04. The molecule has 0 radical (unpaired) electrons. The number of hydrogen-bond acceptors (Lipinski definition) is 2. The van der Waals surface area contributed by atoms with Gasteiger partial charge in [0.25, 0.3) is 0 Å². The Labute approximate surface area is 85.8 Å². The summed E-state index contributed by atoms with van der Waals surface area (Å²) in [4.78, 5) is 2.02. The molecule has 0 amide bonds. The first-order valence-corrected chi connectivity index (χ1v) is 4.75. The topological polar surface area (TPSA) is 27.0 Å². The van der Waals surface area contributed by atoms with E-state index < -0.39 is 0 Å². The van der Waals surface area contributed by atoms with Crippen LogP contribution in [0.3, 0.4) is 0 Å². The number of benzene rings is 1. The number of aryl methyl sites for hydroxylation is 2. The van der Waals surface area contributed by atoms with Crippen molar-refractivity contribution in [3.63, 3.8) is 0 Å². The Bertz CT molecular complexity index is 350. The van der Waals surface area contributed by atoms with Gasteiger partial charge in [-0.05, 0) is 32.0 Å². The van der Waals surface area contributed by atoms with Crippen LogP contribution >= 0.6 is 0 Å². The van der Waals surface area contributed by atoms with Crippen LogP contribution in [-0.4, -0.2) is 18.5 Å². The van der Waals surface area contributed by atoms with Crippen molar-refractivity contribution in [2.24, 2.45) is 0 Å². The fourth-order valence-corrected chi connectivity index (χ4v) is 1.44. The molecule has 0 aromatic heterocycles. The van der Waals surface area contributed by atoms with Crippen LogP contribution in [-0.2, 0) is 6.54 Å². The Morgan fingerprint density at radius 1 is 1.36 bits per heavy atom. The largest absolute Gasteiger partial charge is 0.289 e. The molecule has 0 bridgehead atoms. The van der Waals surface area contributed by atoms with Crippen molar-refractivity contribution in [3.05, 3.63) is 34.9 Å². The van der Waals surface area contributed by atoms with Gasteiger partial charge in [-0.2, -0.15) is 5.26 Å². The Hall–Kier alpha value is -1.33. The van der Waals surface area contributed by atoms with Crippen LogP contribution in [0.25, 0.3) is 0 Å². The summed E-state index contributed by atoms with van der Waals surface area (Å²) >= 11 is 0. The van der Waals surface area contributed by atoms with Crippen LogP contribution < -0.4 is 0 Å². The summed E-state index contributed by atoms with van der Waals surface area (Å²) in [5.74, 6) is 0. The standard InChI is InChI=1S/C12H16N2/c1-10-4-5-11(2)12(8-10)9-14(3)7-6-13/h4-5,8H,7,9H2,1-3H3. The van der Waals surface area contributed by atoms with E-state index in [1.165, 1.54) is 16.7 Å². The van der Waals surface area contributed by atoms with E-state index in [2.05, 4.69) is 38.1 Å². The zero-order chi connectivity index (χ0) is 10.6. The highest BCUT2D eigenvalue weighted by molar-refractivity contribution is 5.30. The van der Waals surface area contributed by atoms with Crippen LogP contribution in [0, 0.1) is 25.2 Å². The maximum absolute atomic E-state index is 8.55. The third kappa shape index (κ3) is 2.86. The molecule has 1 aromatic carbocycles. The second-order valence-corrected chi connectivity index (χ2v) is 3.76. The van der Waals surface area contributed by atoms with Crippen LogP contribution in [0.15, 0.2) is 18.2 Å². The average molecular weight is 188 g/mol. The van der Waals surface area contributed by atoms with Crippen molar-refractivity contribution in [2.45, 2.75) is 20.4 Å². The second-order valence-electron chi connectivity index (χ2n) is 3.76. The minimum atomic E-state index is 0.480. The third-order valence-electron chi connectivity index (χ3n) is 2.29. The van der Waals surface area contributed by atoms with Gasteiger partial charge < -0.3 is 0 Å². The van der Waals surface area contributed by atoms with E-state index in [1.54, 1.807) is 0 Å². The van der Waals surface area contributed by atoms with E-state index in [0.717, 1.165) is 6.54 Å². The molecule has 0 unspecified atom stereocenters. The van der Waals surface area contributed by atoms with Crippen LogP contribution in [0.2, 0.25) is 0 Å². The van der Waals surface area contributed by atoms with E-state index in [1.807, 2.05) is 11.9 Å². The van der Waals surface area contributed by atoms with Gasteiger partial charge in [0, 0.05) is 6.54 Å². The van der Waals surface area contributed by atoms with E-state index in [0.29, 0.717) is 6.54 Å². The SMILES string of the molecule is Cc1ccc(C)c(CN(C)CC#N)c1. The minimum absolute atomic E-state index is 0.480. The lowest BCUT2D eigenvalue weighted by Crippen LogP contribution is -2.18. The average Bonchev–Trinajstić information content (AvgIpc) is 2.12. The molecular formula is C12H16N2. The van der Waals surface area contributed by atoms with Crippen LogP contribution in [0.4, 0.5) is 0 Å². The summed E-state index contributed by atoms with van der Waals surface area (Å²) in [7, 11) is 1.96. The highest BCUT2D eigenvalue weighted by Crippen LogP contribution is 2.12.